The summed E-state index contributed by atoms with van der Waals surface area (Å²) in [6.45, 7) is -0.409. The van der Waals surface area contributed by atoms with Crippen LogP contribution in [0.1, 0.15) is 5.56 Å². The molecule has 1 saturated heterocycles. The van der Waals surface area contributed by atoms with Crippen molar-refractivity contribution in [1.29, 1.82) is 0 Å². The van der Waals surface area contributed by atoms with E-state index in [0.29, 0.717) is 0 Å². The van der Waals surface area contributed by atoms with Gasteiger partial charge in [0.15, 0.2) is 0 Å². The smallest absolute Gasteiger partial charge is 0.329 e. The van der Waals surface area contributed by atoms with Crippen molar-refractivity contribution in [3.8, 4) is 0 Å². The Morgan fingerprint density at radius 1 is 1.30 bits per heavy atom. The molecule has 1 aliphatic rings. The average Bonchev–Trinajstić information content (AvgIpc) is 3.00. The Labute approximate surface area is 132 Å². The monoisotopic (exact) mass is 313 g/mol. The minimum absolute atomic E-state index is 0.134. The molecule has 23 heavy (non-hydrogen) atoms. The lowest BCUT2D eigenvalue weighted by molar-refractivity contribution is -0.143. The van der Waals surface area contributed by atoms with Crippen LogP contribution in [-0.4, -0.2) is 41.0 Å². The lowest BCUT2D eigenvalue weighted by atomic mass is 10.1. The Balaban J connectivity index is 1.95. The fourth-order valence-electron chi connectivity index (χ4n) is 2.55. The van der Waals surface area contributed by atoms with Crippen LogP contribution in [0.2, 0.25) is 0 Å². The highest BCUT2D eigenvalue weighted by Crippen LogP contribution is 2.23. The van der Waals surface area contributed by atoms with Gasteiger partial charge < -0.3 is 14.6 Å². The number of hydrogen-bond donors (Lipinski definition) is 1. The van der Waals surface area contributed by atoms with E-state index in [-0.39, 0.29) is 5.70 Å². The van der Waals surface area contributed by atoms with Gasteiger partial charge in [0.1, 0.15) is 12.2 Å². The van der Waals surface area contributed by atoms with Crippen molar-refractivity contribution in [3.63, 3.8) is 0 Å². The molecule has 7 nitrogen and oxygen atoms in total. The van der Waals surface area contributed by atoms with E-state index in [2.05, 4.69) is 10.1 Å². The van der Waals surface area contributed by atoms with Gasteiger partial charge in [-0.2, -0.15) is 0 Å². The second-order valence-corrected chi connectivity index (χ2v) is 5.17. The fraction of sp³-hybridized carbons (Fsp3) is 0.188. The number of nitrogens with zero attached hydrogens (tertiary/aromatic N) is 2. The molecule has 7 heteroatoms. The number of hydrogen-bond acceptors (Lipinski definition) is 4. The molecule has 3 amide bonds. The van der Waals surface area contributed by atoms with Gasteiger partial charge in [-0.15, -0.1) is 0 Å². The van der Waals surface area contributed by atoms with E-state index in [1.165, 1.54) is 7.11 Å². The first-order chi connectivity index (χ1) is 11.0. The molecule has 0 atom stereocenters. The zero-order valence-electron chi connectivity index (χ0n) is 12.7. The summed E-state index contributed by atoms with van der Waals surface area (Å²) >= 11 is 0. The van der Waals surface area contributed by atoms with Crippen LogP contribution >= 0.6 is 0 Å². The van der Waals surface area contributed by atoms with Gasteiger partial charge in [0.2, 0.25) is 0 Å². The number of aromatic nitrogens is 1. The molecule has 0 saturated carbocycles. The fourth-order valence-corrected chi connectivity index (χ4v) is 2.55. The Bertz CT molecular complexity index is 850. The minimum atomic E-state index is -0.653. The number of para-hydroxylation sites is 1. The van der Waals surface area contributed by atoms with Crippen molar-refractivity contribution in [2.75, 3.05) is 13.7 Å². The Morgan fingerprint density at radius 2 is 2.04 bits per heavy atom. The van der Waals surface area contributed by atoms with Gasteiger partial charge in [0, 0.05) is 29.7 Å². The van der Waals surface area contributed by atoms with Gasteiger partial charge in [0.25, 0.3) is 5.91 Å². The molecule has 0 bridgehead atoms. The maximum absolute atomic E-state index is 12.3. The van der Waals surface area contributed by atoms with E-state index in [9.17, 15) is 14.4 Å². The number of benzene rings is 1. The third kappa shape index (κ3) is 2.57. The SMILES string of the molecule is COC(=O)CN1C(=O)N/C(=C/c2cn(C)c3ccccc23)C1=O. The maximum atomic E-state index is 12.3. The lowest BCUT2D eigenvalue weighted by Gasteiger charge is -2.08. The quantitative estimate of drug-likeness (QED) is 0.525. The number of methoxy groups -OCH3 is 1. The number of ether oxygens (including phenoxy) is 1. The number of carbonyl (C=O) groups excluding carboxylic acids is 3. The second-order valence-electron chi connectivity index (χ2n) is 5.17. The van der Waals surface area contributed by atoms with E-state index in [1.807, 2.05) is 42.1 Å². The van der Waals surface area contributed by atoms with Gasteiger partial charge in [-0.25, -0.2) is 9.69 Å². The van der Waals surface area contributed by atoms with Gasteiger partial charge in [-0.3, -0.25) is 9.59 Å². The Morgan fingerprint density at radius 3 is 2.78 bits per heavy atom. The van der Waals surface area contributed by atoms with Crippen LogP contribution in [0.3, 0.4) is 0 Å². The predicted molar refractivity (Wildman–Crippen MR) is 83.2 cm³/mol. The summed E-state index contributed by atoms with van der Waals surface area (Å²) in [6.07, 6.45) is 3.49. The van der Waals surface area contributed by atoms with Crippen molar-refractivity contribution in [2.45, 2.75) is 0 Å². The molecule has 2 heterocycles. The minimum Gasteiger partial charge on any atom is -0.468 e. The number of amides is 3. The van der Waals surface area contributed by atoms with Crippen LogP contribution in [0.5, 0.6) is 0 Å². The first-order valence-corrected chi connectivity index (χ1v) is 6.96. The molecule has 1 aromatic heterocycles. The number of rotatable bonds is 3. The summed E-state index contributed by atoms with van der Waals surface area (Å²) in [5, 5.41) is 3.46. The first-order valence-electron chi connectivity index (χ1n) is 6.96. The first kappa shape index (κ1) is 14.8. The third-order valence-corrected chi connectivity index (χ3v) is 3.70. The van der Waals surface area contributed by atoms with Crippen molar-refractivity contribution in [1.82, 2.24) is 14.8 Å². The van der Waals surface area contributed by atoms with E-state index in [4.69, 9.17) is 0 Å². The zero-order valence-corrected chi connectivity index (χ0v) is 12.7. The molecular formula is C16H15N3O4. The molecule has 2 aromatic rings. The molecule has 0 spiro atoms. The molecule has 1 fully saturated rings. The van der Waals surface area contributed by atoms with E-state index in [1.54, 1.807) is 6.08 Å². The topological polar surface area (TPSA) is 80.6 Å². The van der Waals surface area contributed by atoms with Crippen molar-refractivity contribution in [3.05, 3.63) is 41.7 Å². The van der Waals surface area contributed by atoms with Crippen molar-refractivity contribution in [2.24, 2.45) is 7.05 Å². The molecule has 0 aliphatic carbocycles. The number of carbonyl (C=O) groups is 3. The highest BCUT2D eigenvalue weighted by atomic mass is 16.5. The van der Waals surface area contributed by atoms with Gasteiger partial charge >= 0.3 is 12.0 Å². The van der Waals surface area contributed by atoms with E-state index in [0.717, 1.165) is 21.4 Å². The average molecular weight is 313 g/mol. The number of imide groups is 1. The highest BCUT2D eigenvalue weighted by Gasteiger charge is 2.35. The van der Waals surface area contributed by atoms with Crippen molar-refractivity contribution < 1.29 is 19.1 Å². The lowest BCUT2D eigenvalue weighted by Crippen LogP contribution is -2.36. The number of nitrogens with one attached hydrogen (secondary N) is 1. The second kappa shape index (κ2) is 5.60. The van der Waals surface area contributed by atoms with Gasteiger partial charge in [-0.05, 0) is 12.1 Å². The van der Waals surface area contributed by atoms with Crippen LogP contribution in [0.4, 0.5) is 4.79 Å². The summed E-state index contributed by atoms with van der Waals surface area (Å²) in [4.78, 5) is 36.2. The number of fused-ring (bicyclic) bond motifs is 1. The zero-order chi connectivity index (χ0) is 16.6. The van der Waals surface area contributed by atoms with Crippen LogP contribution < -0.4 is 5.32 Å². The maximum Gasteiger partial charge on any atom is 0.329 e. The molecule has 0 unspecified atom stereocenters. The number of urea groups is 1. The van der Waals surface area contributed by atoms with Crippen LogP contribution in [0.25, 0.3) is 17.0 Å². The highest BCUT2D eigenvalue weighted by molar-refractivity contribution is 6.15. The predicted octanol–water partition coefficient (Wildman–Crippen LogP) is 1.24. The summed E-state index contributed by atoms with van der Waals surface area (Å²) < 4.78 is 6.43. The summed E-state index contributed by atoms with van der Waals surface area (Å²) in [7, 11) is 3.11. The Kier molecular flexibility index (Phi) is 3.61. The summed E-state index contributed by atoms with van der Waals surface area (Å²) in [6, 6.07) is 7.11. The van der Waals surface area contributed by atoms with Gasteiger partial charge in [0.05, 0.1) is 7.11 Å². The van der Waals surface area contributed by atoms with Crippen LogP contribution in [0, 0.1) is 0 Å². The van der Waals surface area contributed by atoms with Gasteiger partial charge in [-0.1, -0.05) is 18.2 Å². The largest absolute Gasteiger partial charge is 0.468 e. The van der Waals surface area contributed by atoms with E-state index < -0.39 is 24.5 Å². The third-order valence-electron chi connectivity index (χ3n) is 3.70. The molecule has 1 aromatic carbocycles. The molecular weight excluding hydrogens is 298 g/mol. The van der Waals surface area contributed by atoms with E-state index >= 15 is 0 Å². The molecule has 3 rings (SSSR count). The summed E-state index contributed by atoms with van der Waals surface area (Å²) in [5.74, 6) is -1.20. The molecule has 118 valence electrons. The molecule has 0 radical (unpaired) electrons. The van der Waals surface area contributed by atoms with Crippen molar-refractivity contribution >= 4 is 34.9 Å². The summed E-state index contributed by atoms with van der Waals surface area (Å²) in [5.41, 5.74) is 1.96. The normalized spacial score (nSPS) is 16.3. The Hall–Kier alpha value is -3.09. The molecule has 1 aliphatic heterocycles. The van der Waals surface area contributed by atoms with Crippen LogP contribution in [-0.2, 0) is 21.4 Å². The van der Waals surface area contributed by atoms with Crippen LogP contribution in [0.15, 0.2) is 36.2 Å². The number of esters is 1. The number of aryl methyl sites for hydroxylation is 1. The standard InChI is InChI=1S/C16H15N3O4/c1-18-8-10(11-5-3-4-6-13(11)18)7-12-15(21)19(16(22)17-12)9-14(20)23-2/h3-8H,9H2,1-2H3,(H,17,22)/b12-7+. The molecule has 1 N–H and O–H groups in total.